The summed E-state index contributed by atoms with van der Waals surface area (Å²) in [6, 6.07) is 8.03. The zero-order valence-electron chi connectivity index (χ0n) is 13.7. The zero-order valence-corrected chi connectivity index (χ0v) is 14.5. The lowest BCUT2D eigenvalue weighted by atomic mass is 10.1. The van der Waals surface area contributed by atoms with E-state index in [1.165, 1.54) is 0 Å². The first kappa shape index (κ1) is 17.3. The van der Waals surface area contributed by atoms with Crippen molar-refractivity contribution in [2.24, 2.45) is 7.05 Å². The standard InChI is InChI=1S/C18H21N3O.ClH/c1-13(2)18-19-9-11-21(18)10-8-17(22)15-12-20(3)16-7-5-4-6-14(15)16;/h4-7,9,11-13H,8,10H2,1-3H3;1H. The fourth-order valence-electron chi connectivity index (χ4n) is 2.93. The number of para-hydroxylation sites is 1. The lowest BCUT2D eigenvalue weighted by Gasteiger charge is -2.09. The third-order valence-corrected chi connectivity index (χ3v) is 4.04. The minimum atomic E-state index is 0. The van der Waals surface area contributed by atoms with Gasteiger partial charge in [-0.3, -0.25) is 4.79 Å². The van der Waals surface area contributed by atoms with Gasteiger partial charge in [-0.25, -0.2) is 4.98 Å². The lowest BCUT2D eigenvalue weighted by molar-refractivity contribution is 0.0978. The van der Waals surface area contributed by atoms with Gasteiger partial charge in [0, 0.05) is 61.0 Å². The van der Waals surface area contributed by atoms with Gasteiger partial charge in [0.15, 0.2) is 5.78 Å². The average molecular weight is 332 g/mol. The summed E-state index contributed by atoms with van der Waals surface area (Å²) in [7, 11) is 1.98. The molecule has 0 radical (unpaired) electrons. The Kier molecular flexibility index (Phi) is 5.26. The molecule has 0 N–H and O–H groups in total. The molecule has 122 valence electrons. The number of imidazole rings is 1. The third-order valence-electron chi connectivity index (χ3n) is 4.04. The molecule has 0 unspecified atom stereocenters. The zero-order chi connectivity index (χ0) is 15.7. The molecular formula is C18H22ClN3O. The molecule has 0 fully saturated rings. The van der Waals surface area contributed by atoms with Gasteiger partial charge < -0.3 is 9.13 Å². The van der Waals surface area contributed by atoms with Gasteiger partial charge >= 0.3 is 0 Å². The molecule has 0 atom stereocenters. The Bertz CT molecular complexity index is 817. The van der Waals surface area contributed by atoms with Crippen LogP contribution >= 0.6 is 12.4 Å². The molecule has 3 aromatic rings. The molecule has 0 spiro atoms. The number of fused-ring (bicyclic) bond motifs is 1. The third kappa shape index (κ3) is 3.32. The van der Waals surface area contributed by atoms with E-state index in [9.17, 15) is 4.79 Å². The number of nitrogens with zero attached hydrogens (tertiary/aromatic N) is 3. The van der Waals surface area contributed by atoms with Gasteiger partial charge in [0.1, 0.15) is 5.82 Å². The summed E-state index contributed by atoms with van der Waals surface area (Å²) in [5.41, 5.74) is 1.90. The van der Waals surface area contributed by atoms with Gasteiger partial charge in [-0.05, 0) is 6.07 Å². The van der Waals surface area contributed by atoms with Gasteiger partial charge in [-0.15, -0.1) is 12.4 Å². The first-order valence-electron chi connectivity index (χ1n) is 7.66. The molecule has 0 saturated carbocycles. The first-order chi connectivity index (χ1) is 10.6. The Morgan fingerprint density at radius 1 is 1.26 bits per heavy atom. The average Bonchev–Trinajstić information content (AvgIpc) is 3.10. The number of Topliss-reactive ketones (excluding diaryl/α,β-unsaturated/α-hetero) is 1. The molecule has 2 heterocycles. The monoisotopic (exact) mass is 331 g/mol. The van der Waals surface area contributed by atoms with Crippen molar-refractivity contribution in [2.45, 2.75) is 32.7 Å². The number of ketones is 1. The van der Waals surface area contributed by atoms with E-state index in [1.807, 2.05) is 48.3 Å². The number of aromatic nitrogens is 3. The van der Waals surface area contributed by atoms with Gasteiger partial charge in [0.2, 0.25) is 0 Å². The Hall–Kier alpha value is -2.07. The molecule has 23 heavy (non-hydrogen) atoms. The van der Waals surface area contributed by atoms with Gasteiger partial charge in [-0.2, -0.15) is 0 Å². The second-order valence-electron chi connectivity index (χ2n) is 5.98. The second-order valence-corrected chi connectivity index (χ2v) is 5.98. The van der Waals surface area contributed by atoms with Crippen LogP contribution in [-0.4, -0.2) is 19.9 Å². The van der Waals surface area contributed by atoms with E-state index in [0.717, 1.165) is 22.3 Å². The van der Waals surface area contributed by atoms with Crippen molar-refractivity contribution in [2.75, 3.05) is 0 Å². The molecule has 0 saturated heterocycles. The topological polar surface area (TPSA) is 39.8 Å². The number of rotatable bonds is 5. The molecule has 0 aliphatic heterocycles. The number of hydrogen-bond donors (Lipinski definition) is 0. The van der Waals surface area contributed by atoms with Crippen LogP contribution in [0.5, 0.6) is 0 Å². The fourth-order valence-corrected chi connectivity index (χ4v) is 2.93. The highest BCUT2D eigenvalue weighted by molar-refractivity contribution is 6.08. The van der Waals surface area contributed by atoms with Crippen molar-refractivity contribution in [1.29, 1.82) is 0 Å². The minimum Gasteiger partial charge on any atom is -0.350 e. The van der Waals surface area contributed by atoms with Crippen LogP contribution in [0, 0.1) is 0 Å². The molecule has 2 aromatic heterocycles. The number of hydrogen-bond acceptors (Lipinski definition) is 2. The summed E-state index contributed by atoms with van der Waals surface area (Å²) in [4.78, 5) is 17.0. The van der Waals surface area contributed by atoms with Crippen LogP contribution in [-0.2, 0) is 13.6 Å². The summed E-state index contributed by atoms with van der Waals surface area (Å²) >= 11 is 0. The number of benzene rings is 1. The highest BCUT2D eigenvalue weighted by Gasteiger charge is 2.14. The number of carbonyl (C=O) groups is 1. The molecule has 3 rings (SSSR count). The normalized spacial score (nSPS) is 11.0. The Morgan fingerprint density at radius 3 is 2.74 bits per heavy atom. The van der Waals surface area contributed by atoms with Crippen LogP contribution in [0.3, 0.4) is 0 Å². The van der Waals surface area contributed by atoms with Crippen molar-refractivity contribution in [3.8, 4) is 0 Å². The van der Waals surface area contributed by atoms with Crippen molar-refractivity contribution < 1.29 is 4.79 Å². The molecule has 1 aromatic carbocycles. The predicted octanol–water partition coefficient (Wildman–Crippen LogP) is 4.19. The molecule has 0 amide bonds. The van der Waals surface area contributed by atoms with E-state index in [0.29, 0.717) is 18.9 Å². The van der Waals surface area contributed by atoms with Gasteiger partial charge in [0.25, 0.3) is 0 Å². The van der Waals surface area contributed by atoms with Crippen LogP contribution in [0.4, 0.5) is 0 Å². The van der Waals surface area contributed by atoms with Crippen molar-refractivity contribution in [3.63, 3.8) is 0 Å². The van der Waals surface area contributed by atoms with Crippen LogP contribution in [0.25, 0.3) is 10.9 Å². The maximum Gasteiger partial charge on any atom is 0.166 e. The number of carbonyl (C=O) groups excluding carboxylic acids is 1. The summed E-state index contributed by atoms with van der Waals surface area (Å²) in [6.07, 6.45) is 6.18. The van der Waals surface area contributed by atoms with E-state index in [2.05, 4.69) is 23.4 Å². The Morgan fingerprint density at radius 2 is 2.00 bits per heavy atom. The largest absolute Gasteiger partial charge is 0.350 e. The Labute approximate surface area is 142 Å². The van der Waals surface area contributed by atoms with Gasteiger partial charge in [0.05, 0.1) is 0 Å². The highest BCUT2D eigenvalue weighted by Crippen LogP contribution is 2.22. The van der Waals surface area contributed by atoms with Crippen molar-refractivity contribution in [3.05, 3.63) is 54.2 Å². The summed E-state index contributed by atoms with van der Waals surface area (Å²) < 4.78 is 4.09. The molecule has 0 aliphatic carbocycles. The second kappa shape index (κ2) is 7.01. The summed E-state index contributed by atoms with van der Waals surface area (Å²) in [6.45, 7) is 4.91. The fraction of sp³-hybridized carbons (Fsp3) is 0.333. The number of halogens is 1. The quantitative estimate of drug-likeness (QED) is 0.657. The van der Waals surface area contributed by atoms with E-state index in [-0.39, 0.29) is 18.2 Å². The first-order valence-corrected chi connectivity index (χ1v) is 7.66. The van der Waals surface area contributed by atoms with Crippen LogP contribution in [0.2, 0.25) is 0 Å². The smallest absolute Gasteiger partial charge is 0.166 e. The molecule has 0 aliphatic rings. The van der Waals surface area contributed by atoms with Crippen molar-refractivity contribution >= 4 is 29.1 Å². The molecule has 5 heteroatoms. The van der Waals surface area contributed by atoms with E-state index < -0.39 is 0 Å². The van der Waals surface area contributed by atoms with E-state index in [1.54, 1.807) is 6.20 Å². The summed E-state index contributed by atoms with van der Waals surface area (Å²) in [5.74, 6) is 1.58. The summed E-state index contributed by atoms with van der Waals surface area (Å²) in [5, 5.41) is 1.03. The molecular weight excluding hydrogens is 310 g/mol. The maximum absolute atomic E-state index is 12.6. The van der Waals surface area contributed by atoms with E-state index >= 15 is 0 Å². The maximum atomic E-state index is 12.6. The predicted molar refractivity (Wildman–Crippen MR) is 95.4 cm³/mol. The molecule has 0 bridgehead atoms. The van der Waals surface area contributed by atoms with Crippen LogP contribution < -0.4 is 0 Å². The van der Waals surface area contributed by atoms with Crippen molar-refractivity contribution in [1.82, 2.24) is 14.1 Å². The van der Waals surface area contributed by atoms with E-state index in [4.69, 9.17) is 0 Å². The SMILES string of the molecule is CC(C)c1nccn1CCC(=O)c1cn(C)c2ccccc12.Cl. The Balaban J connectivity index is 0.00000192. The lowest BCUT2D eigenvalue weighted by Crippen LogP contribution is -2.09. The molecule has 4 nitrogen and oxygen atoms in total. The highest BCUT2D eigenvalue weighted by atomic mass is 35.5. The van der Waals surface area contributed by atoms with Crippen LogP contribution in [0.15, 0.2) is 42.9 Å². The number of aryl methyl sites for hydroxylation is 2. The van der Waals surface area contributed by atoms with Gasteiger partial charge in [-0.1, -0.05) is 32.0 Å². The van der Waals surface area contributed by atoms with Crippen LogP contribution in [0.1, 0.15) is 42.4 Å². The minimum absolute atomic E-state index is 0.